The van der Waals surface area contributed by atoms with Crippen molar-refractivity contribution in [2.45, 2.75) is 4.90 Å². The van der Waals surface area contributed by atoms with Crippen molar-refractivity contribution in [2.75, 3.05) is 0 Å². The van der Waals surface area contributed by atoms with E-state index in [1.54, 1.807) is 18.3 Å². The highest BCUT2D eigenvalue weighted by atomic mass is 32.2. The van der Waals surface area contributed by atoms with E-state index in [0.29, 0.717) is 0 Å². The van der Waals surface area contributed by atoms with E-state index in [9.17, 15) is 8.42 Å². The van der Waals surface area contributed by atoms with Gasteiger partial charge in [-0.25, -0.2) is 13.6 Å². The van der Waals surface area contributed by atoms with Crippen LogP contribution in [0.2, 0.25) is 0 Å². The molecule has 0 aliphatic carbocycles. The molecule has 5 heteroatoms. The molecular weight excluding hydrogens is 248 g/mol. The number of sulfonamides is 1. The van der Waals surface area contributed by atoms with Gasteiger partial charge >= 0.3 is 0 Å². The standard InChI is InChI=1S/C13H12N2O2S/c14-18(16,17)13-8-6-11(7-9-13)10-15-12-4-2-1-3-5-12/h1-10H,(H2,14,16,17). The minimum absolute atomic E-state index is 0.0966. The molecule has 0 amide bonds. The second-order valence-electron chi connectivity index (χ2n) is 3.71. The number of hydrogen-bond donors (Lipinski definition) is 1. The van der Waals surface area contributed by atoms with E-state index < -0.39 is 10.0 Å². The lowest BCUT2D eigenvalue weighted by molar-refractivity contribution is 0.598. The van der Waals surface area contributed by atoms with E-state index >= 15 is 0 Å². The fourth-order valence-corrected chi connectivity index (χ4v) is 1.92. The molecule has 2 aromatic carbocycles. The summed E-state index contributed by atoms with van der Waals surface area (Å²) in [6, 6.07) is 15.7. The number of hydrogen-bond acceptors (Lipinski definition) is 3. The number of rotatable bonds is 3. The van der Waals surface area contributed by atoms with Crippen LogP contribution in [0.15, 0.2) is 64.5 Å². The van der Waals surface area contributed by atoms with Gasteiger partial charge in [0.15, 0.2) is 0 Å². The summed E-state index contributed by atoms with van der Waals surface area (Å²) in [7, 11) is -3.63. The van der Waals surface area contributed by atoms with Crippen LogP contribution >= 0.6 is 0 Å². The molecule has 0 saturated heterocycles. The summed E-state index contributed by atoms with van der Waals surface area (Å²) < 4.78 is 22.1. The summed E-state index contributed by atoms with van der Waals surface area (Å²) in [5.41, 5.74) is 1.65. The molecule has 2 rings (SSSR count). The molecule has 2 aromatic rings. The molecule has 0 aromatic heterocycles. The molecule has 0 fully saturated rings. The lowest BCUT2D eigenvalue weighted by Gasteiger charge is -1.98. The topological polar surface area (TPSA) is 72.5 Å². The highest BCUT2D eigenvalue weighted by molar-refractivity contribution is 7.89. The Bertz CT molecular complexity index is 647. The van der Waals surface area contributed by atoms with E-state index in [1.807, 2.05) is 30.3 Å². The zero-order valence-electron chi connectivity index (χ0n) is 9.52. The molecule has 0 aliphatic rings. The van der Waals surface area contributed by atoms with Gasteiger partial charge in [-0.1, -0.05) is 30.3 Å². The zero-order valence-corrected chi connectivity index (χ0v) is 10.3. The minimum atomic E-state index is -3.63. The van der Waals surface area contributed by atoms with Crippen LogP contribution in [0.5, 0.6) is 0 Å². The molecule has 18 heavy (non-hydrogen) atoms. The van der Waals surface area contributed by atoms with Gasteiger partial charge < -0.3 is 0 Å². The Kier molecular flexibility index (Phi) is 3.55. The van der Waals surface area contributed by atoms with Crippen LogP contribution in [0.1, 0.15) is 5.56 Å². The SMILES string of the molecule is NS(=O)(=O)c1ccc(C=Nc2ccccc2)cc1. The highest BCUT2D eigenvalue weighted by Crippen LogP contribution is 2.11. The first-order valence-electron chi connectivity index (χ1n) is 5.28. The average Bonchev–Trinajstić information content (AvgIpc) is 2.37. The summed E-state index contributed by atoms with van der Waals surface area (Å²) in [4.78, 5) is 4.36. The molecule has 0 atom stereocenters. The Morgan fingerprint density at radius 3 is 2.11 bits per heavy atom. The van der Waals surface area contributed by atoms with E-state index in [4.69, 9.17) is 5.14 Å². The molecular formula is C13H12N2O2S. The van der Waals surface area contributed by atoms with Crippen molar-refractivity contribution in [3.63, 3.8) is 0 Å². The van der Waals surface area contributed by atoms with Crippen molar-refractivity contribution in [1.29, 1.82) is 0 Å². The Labute approximate surface area is 106 Å². The first-order valence-corrected chi connectivity index (χ1v) is 6.82. The van der Waals surface area contributed by atoms with Gasteiger partial charge in [-0.15, -0.1) is 0 Å². The molecule has 0 saturated carbocycles. The molecule has 2 N–H and O–H groups in total. The molecule has 0 spiro atoms. The summed E-state index contributed by atoms with van der Waals surface area (Å²) in [5.74, 6) is 0. The number of aliphatic imine (C=N–C) groups is 1. The number of benzene rings is 2. The normalized spacial score (nSPS) is 11.8. The average molecular weight is 260 g/mol. The third-order valence-electron chi connectivity index (χ3n) is 2.33. The number of nitrogens with two attached hydrogens (primary N) is 1. The monoisotopic (exact) mass is 260 g/mol. The smallest absolute Gasteiger partial charge is 0.238 e. The molecule has 4 nitrogen and oxygen atoms in total. The van der Waals surface area contributed by atoms with Crippen LogP contribution < -0.4 is 5.14 Å². The summed E-state index contributed by atoms with van der Waals surface area (Å²) in [6.07, 6.45) is 1.67. The molecule has 0 radical (unpaired) electrons. The van der Waals surface area contributed by atoms with E-state index in [-0.39, 0.29) is 4.90 Å². The van der Waals surface area contributed by atoms with Crippen molar-refractivity contribution in [3.05, 3.63) is 60.2 Å². The highest BCUT2D eigenvalue weighted by Gasteiger charge is 2.05. The number of nitrogens with zero attached hydrogens (tertiary/aromatic N) is 1. The van der Waals surface area contributed by atoms with Gasteiger partial charge in [0, 0.05) is 6.21 Å². The molecule has 0 aliphatic heterocycles. The van der Waals surface area contributed by atoms with E-state index in [0.717, 1.165) is 11.3 Å². The second-order valence-corrected chi connectivity index (χ2v) is 5.27. The predicted octanol–water partition coefficient (Wildman–Crippen LogP) is 2.08. The van der Waals surface area contributed by atoms with Crippen LogP contribution in [0.25, 0.3) is 0 Å². The Morgan fingerprint density at radius 1 is 0.944 bits per heavy atom. The van der Waals surface area contributed by atoms with E-state index in [2.05, 4.69) is 4.99 Å². The third kappa shape index (κ3) is 3.26. The Morgan fingerprint density at radius 2 is 1.56 bits per heavy atom. The molecule has 0 unspecified atom stereocenters. The van der Waals surface area contributed by atoms with Crippen LogP contribution in [-0.2, 0) is 10.0 Å². The van der Waals surface area contributed by atoms with Gasteiger partial charge in [0.05, 0.1) is 10.6 Å². The van der Waals surface area contributed by atoms with Gasteiger partial charge in [-0.2, -0.15) is 0 Å². The van der Waals surface area contributed by atoms with Gasteiger partial charge in [-0.3, -0.25) is 4.99 Å². The summed E-state index contributed by atoms with van der Waals surface area (Å²) in [5, 5.41) is 5.01. The van der Waals surface area contributed by atoms with Crippen molar-refractivity contribution in [3.8, 4) is 0 Å². The van der Waals surface area contributed by atoms with Crippen LogP contribution in [0.3, 0.4) is 0 Å². The van der Waals surface area contributed by atoms with E-state index in [1.165, 1.54) is 12.1 Å². The maximum absolute atomic E-state index is 11.1. The van der Waals surface area contributed by atoms with Crippen LogP contribution in [0.4, 0.5) is 5.69 Å². The fourth-order valence-electron chi connectivity index (χ4n) is 1.41. The van der Waals surface area contributed by atoms with Crippen molar-refractivity contribution in [1.82, 2.24) is 0 Å². The zero-order chi connectivity index (χ0) is 13.0. The van der Waals surface area contributed by atoms with Gasteiger partial charge in [0.2, 0.25) is 10.0 Å². The largest absolute Gasteiger partial charge is 0.256 e. The first kappa shape index (κ1) is 12.5. The number of para-hydroxylation sites is 1. The lowest BCUT2D eigenvalue weighted by Crippen LogP contribution is -2.11. The fraction of sp³-hybridized carbons (Fsp3) is 0. The van der Waals surface area contributed by atoms with Crippen molar-refractivity contribution >= 4 is 21.9 Å². The Balaban J connectivity index is 2.19. The molecule has 92 valence electrons. The second kappa shape index (κ2) is 5.12. The molecule has 0 bridgehead atoms. The van der Waals surface area contributed by atoms with Crippen LogP contribution in [-0.4, -0.2) is 14.6 Å². The lowest BCUT2D eigenvalue weighted by atomic mass is 10.2. The third-order valence-corrected chi connectivity index (χ3v) is 3.26. The van der Waals surface area contributed by atoms with Crippen LogP contribution in [0, 0.1) is 0 Å². The van der Waals surface area contributed by atoms with Gasteiger partial charge in [0.25, 0.3) is 0 Å². The van der Waals surface area contributed by atoms with Gasteiger partial charge in [0.1, 0.15) is 0 Å². The molecule has 0 heterocycles. The number of primary sulfonamides is 1. The summed E-state index contributed by atoms with van der Waals surface area (Å²) >= 11 is 0. The Hall–Kier alpha value is -1.98. The quantitative estimate of drug-likeness (QED) is 0.858. The van der Waals surface area contributed by atoms with Crippen molar-refractivity contribution in [2.24, 2.45) is 10.1 Å². The maximum Gasteiger partial charge on any atom is 0.238 e. The summed E-state index contributed by atoms with van der Waals surface area (Å²) in [6.45, 7) is 0. The minimum Gasteiger partial charge on any atom is -0.256 e. The van der Waals surface area contributed by atoms with Gasteiger partial charge in [-0.05, 0) is 29.8 Å². The maximum atomic E-state index is 11.1. The first-order chi connectivity index (χ1) is 8.55. The van der Waals surface area contributed by atoms with Crippen molar-refractivity contribution < 1.29 is 8.42 Å². The predicted molar refractivity (Wildman–Crippen MR) is 71.5 cm³/mol.